The lowest BCUT2D eigenvalue weighted by molar-refractivity contribution is -0.116. The van der Waals surface area contributed by atoms with Crippen LogP contribution in [0.15, 0.2) is 65.3 Å². The van der Waals surface area contributed by atoms with Gasteiger partial charge >= 0.3 is 0 Å². The molecule has 0 unspecified atom stereocenters. The summed E-state index contributed by atoms with van der Waals surface area (Å²) in [6.07, 6.45) is 1.77. The lowest BCUT2D eigenvalue weighted by Gasteiger charge is -2.31. The molecule has 1 heterocycles. The SMILES string of the molecule is COc1ccc([C@@H]2C(C#N)=C(N)OC3=C2C(=O)CCC3)cc1COc1ccc(Cl)cc1. The van der Waals surface area contributed by atoms with E-state index in [2.05, 4.69) is 6.07 Å². The fourth-order valence-electron chi connectivity index (χ4n) is 3.97. The zero-order valence-electron chi connectivity index (χ0n) is 17.0. The summed E-state index contributed by atoms with van der Waals surface area (Å²) in [6.45, 7) is 0.239. The number of nitrogens with zero attached hydrogens (tertiary/aromatic N) is 1. The quantitative estimate of drug-likeness (QED) is 0.727. The molecule has 6 nitrogen and oxygen atoms in total. The number of hydrogen-bond acceptors (Lipinski definition) is 6. The van der Waals surface area contributed by atoms with Crippen LogP contribution in [0.3, 0.4) is 0 Å². The number of ether oxygens (including phenoxy) is 3. The monoisotopic (exact) mass is 436 g/mol. The predicted molar refractivity (Wildman–Crippen MR) is 115 cm³/mol. The van der Waals surface area contributed by atoms with Crippen molar-refractivity contribution in [3.8, 4) is 17.6 Å². The van der Waals surface area contributed by atoms with E-state index in [1.807, 2.05) is 18.2 Å². The van der Waals surface area contributed by atoms with Crippen LogP contribution in [0.25, 0.3) is 0 Å². The zero-order valence-corrected chi connectivity index (χ0v) is 17.7. The first-order chi connectivity index (χ1) is 15.0. The number of halogens is 1. The van der Waals surface area contributed by atoms with Crippen LogP contribution >= 0.6 is 11.6 Å². The summed E-state index contributed by atoms with van der Waals surface area (Å²) >= 11 is 5.93. The summed E-state index contributed by atoms with van der Waals surface area (Å²) in [5.74, 6) is 1.34. The van der Waals surface area contributed by atoms with Gasteiger partial charge in [-0.05, 0) is 48.4 Å². The van der Waals surface area contributed by atoms with Gasteiger partial charge in [-0.2, -0.15) is 5.26 Å². The third-order valence-corrected chi connectivity index (χ3v) is 5.70. The van der Waals surface area contributed by atoms with E-state index >= 15 is 0 Å². The van der Waals surface area contributed by atoms with Gasteiger partial charge in [0.2, 0.25) is 5.88 Å². The summed E-state index contributed by atoms with van der Waals surface area (Å²) in [6, 6.07) is 14.8. The van der Waals surface area contributed by atoms with E-state index in [9.17, 15) is 10.1 Å². The number of nitriles is 1. The topological polar surface area (TPSA) is 94.6 Å². The summed E-state index contributed by atoms with van der Waals surface area (Å²) in [5, 5.41) is 10.4. The molecule has 2 aromatic carbocycles. The van der Waals surface area contributed by atoms with Crippen LogP contribution in [0.4, 0.5) is 0 Å². The van der Waals surface area contributed by atoms with Gasteiger partial charge in [-0.25, -0.2) is 0 Å². The number of allylic oxidation sites excluding steroid dienone is 3. The van der Waals surface area contributed by atoms with Crippen molar-refractivity contribution in [1.29, 1.82) is 5.26 Å². The number of hydrogen-bond donors (Lipinski definition) is 1. The molecule has 31 heavy (non-hydrogen) atoms. The number of benzene rings is 2. The van der Waals surface area contributed by atoms with Crippen LogP contribution in [0.1, 0.15) is 36.3 Å². The molecule has 158 valence electrons. The Balaban J connectivity index is 1.72. The van der Waals surface area contributed by atoms with Crippen LogP contribution in [0.2, 0.25) is 5.02 Å². The van der Waals surface area contributed by atoms with Crippen molar-refractivity contribution >= 4 is 17.4 Å². The summed E-state index contributed by atoms with van der Waals surface area (Å²) in [7, 11) is 1.58. The highest BCUT2D eigenvalue weighted by Crippen LogP contribution is 2.44. The first kappa shape index (κ1) is 20.8. The van der Waals surface area contributed by atoms with Gasteiger partial charge in [0.05, 0.1) is 13.0 Å². The first-order valence-electron chi connectivity index (χ1n) is 9.90. The summed E-state index contributed by atoms with van der Waals surface area (Å²) in [5.41, 5.74) is 8.34. The van der Waals surface area contributed by atoms with E-state index in [1.165, 1.54) is 0 Å². The Kier molecular flexibility index (Phi) is 5.88. The van der Waals surface area contributed by atoms with E-state index in [0.29, 0.717) is 47.1 Å². The Hall–Kier alpha value is -3.43. The van der Waals surface area contributed by atoms with E-state index in [0.717, 1.165) is 11.1 Å². The van der Waals surface area contributed by atoms with Gasteiger partial charge in [-0.1, -0.05) is 17.7 Å². The maximum atomic E-state index is 12.8. The normalized spacial score (nSPS) is 18.2. The van der Waals surface area contributed by atoms with Gasteiger partial charge in [0, 0.05) is 29.0 Å². The van der Waals surface area contributed by atoms with Crippen LogP contribution in [0.5, 0.6) is 11.5 Å². The fraction of sp³-hybridized carbons (Fsp3) is 0.250. The molecule has 0 amide bonds. The van der Waals surface area contributed by atoms with Crippen molar-refractivity contribution in [1.82, 2.24) is 0 Å². The highest BCUT2D eigenvalue weighted by Gasteiger charge is 2.38. The summed E-state index contributed by atoms with van der Waals surface area (Å²) < 4.78 is 17.0. The van der Waals surface area contributed by atoms with Crippen LogP contribution < -0.4 is 15.2 Å². The minimum Gasteiger partial charge on any atom is -0.496 e. The van der Waals surface area contributed by atoms with Crippen molar-refractivity contribution in [2.45, 2.75) is 31.8 Å². The van der Waals surface area contributed by atoms with E-state index < -0.39 is 5.92 Å². The molecule has 0 aromatic heterocycles. The molecule has 1 aliphatic carbocycles. The van der Waals surface area contributed by atoms with E-state index in [4.69, 9.17) is 31.5 Å². The van der Waals surface area contributed by atoms with E-state index in [1.54, 1.807) is 31.4 Å². The number of carbonyl (C=O) groups excluding carboxylic acids is 1. The molecule has 0 saturated heterocycles. The van der Waals surface area contributed by atoms with Crippen molar-refractivity contribution in [3.05, 3.63) is 81.4 Å². The lowest BCUT2D eigenvalue weighted by atomic mass is 9.77. The molecule has 0 radical (unpaired) electrons. The Morgan fingerprint density at radius 2 is 2.00 bits per heavy atom. The van der Waals surface area contributed by atoms with Crippen molar-refractivity contribution in [2.24, 2.45) is 5.73 Å². The van der Waals surface area contributed by atoms with Crippen LogP contribution in [-0.2, 0) is 16.1 Å². The largest absolute Gasteiger partial charge is 0.496 e. The second-order valence-corrected chi connectivity index (χ2v) is 7.79. The standard InChI is InChI=1S/C24H21ClN2O4/c1-29-20-10-5-14(11-15(20)13-30-17-8-6-16(25)7-9-17)22-18(12-26)24(27)31-21-4-2-3-19(28)23(21)22/h5-11,22H,2-4,13,27H2,1H3/t22-/m1/s1. The maximum absolute atomic E-state index is 12.8. The van der Waals surface area contributed by atoms with Gasteiger partial charge in [-0.15, -0.1) is 0 Å². The molecule has 0 fully saturated rings. The highest BCUT2D eigenvalue weighted by molar-refractivity contribution is 6.30. The number of nitrogens with two attached hydrogens (primary N) is 1. The molecule has 2 aromatic rings. The van der Waals surface area contributed by atoms with Gasteiger partial charge in [0.15, 0.2) is 5.78 Å². The van der Waals surface area contributed by atoms with Gasteiger partial charge < -0.3 is 19.9 Å². The van der Waals surface area contributed by atoms with Crippen molar-refractivity contribution < 1.29 is 19.0 Å². The zero-order chi connectivity index (χ0) is 22.0. The smallest absolute Gasteiger partial charge is 0.205 e. The Morgan fingerprint density at radius 3 is 2.71 bits per heavy atom. The second kappa shape index (κ2) is 8.75. The van der Waals surface area contributed by atoms with Gasteiger partial charge in [0.1, 0.15) is 35.5 Å². The third-order valence-electron chi connectivity index (χ3n) is 5.45. The number of Topliss-reactive ketones (excluding diaryl/α,β-unsaturated/α-hetero) is 1. The molecule has 1 atom stereocenters. The molecule has 4 rings (SSSR count). The minimum atomic E-state index is -0.568. The molecular formula is C24H21ClN2O4. The van der Waals surface area contributed by atoms with Crippen molar-refractivity contribution in [3.63, 3.8) is 0 Å². The number of ketones is 1. The Bertz CT molecular complexity index is 1130. The van der Waals surface area contributed by atoms with Crippen molar-refractivity contribution in [2.75, 3.05) is 7.11 Å². The maximum Gasteiger partial charge on any atom is 0.205 e. The lowest BCUT2D eigenvalue weighted by Crippen LogP contribution is -2.27. The number of rotatable bonds is 5. The van der Waals surface area contributed by atoms with Gasteiger partial charge in [-0.3, -0.25) is 4.79 Å². The van der Waals surface area contributed by atoms with E-state index in [-0.39, 0.29) is 23.8 Å². The van der Waals surface area contributed by atoms with Crippen LogP contribution in [-0.4, -0.2) is 12.9 Å². The molecule has 0 spiro atoms. The predicted octanol–water partition coefficient (Wildman–Crippen LogP) is 4.74. The first-order valence-corrected chi connectivity index (χ1v) is 10.3. The fourth-order valence-corrected chi connectivity index (χ4v) is 4.10. The average Bonchev–Trinajstić information content (AvgIpc) is 2.77. The molecule has 1 aliphatic heterocycles. The molecule has 2 N–H and O–H groups in total. The third kappa shape index (κ3) is 4.10. The Labute approximate surface area is 185 Å². The molecular weight excluding hydrogens is 416 g/mol. The highest BCUT2D eigenvalue weighted by atomic mass is 35.5. The van der Waals surface area contributed by atoms with Crippen LogP contribution in [0, 0.1) is 11.3 Å². The molecule has 0 saturated carbocycles. The number of methoxy groups -OCH3 is 1. The second-order valence-electron chi connectivity index (χ2n) is 7.35. The minimum absolute atomic E-state index is 0.0127. The molecule has 0 bridgehead atoms. The van der Waals surface area contributed by atoms with Gasteiger partial charge in [0.25, 0.3) is 0 Å². The number of carbonyl (C=O) groups is 1. The Morgan fingerprint density at radius 1 is 1.23 bits per heavy atom. The molecule has 7 heteroatoms. The molecule has 2 aliphatic rings. The summed E-state index contributed by atoms with van der Waals surface area (Å²) in [4.78, 5) is 12.8. The average molecular weight is 437 g/mol.